The van der Waals surface area contributed by atoms with Gasteiger partial charge in [0.15, 0.2) is 0 Å². The third-order valence-corrected chi connectivity index (χ3v) is 2.51. The molecule has 0 heterocycles. The summed E-state index contributed by atoms with van der Waals surface area (Å²) in [6.45, 7) is 6.46. The van der Waals surface area contributed by atoms with Crippen molar-refractivity contribution in [2.75, 3.05) is 0 Å². The molecule has 0 atom stereocenters. The van der Waals surface area contributed by atoms with Gasteiger partial charge in [-0.25, -0.2) is 0 Å². The van der Waals surface area contributed by atoms with Crippen molar-refractivity contribution >= 4 is 9.30 Å². The number of hydrogen-bond donors (Lipinski definition) is 0. The molecule has 0 rings (SSSR count). The molecule has 0 aliphatic heterocycles. The molecule has 0 bridgehead atoms. The zero-order valence-corrected chi connectivity index (χ0v) is 41.3. The van der Waals surface area contributed by atoms with Crippen molar-refractivity contribution in [1.82, 2.24) is 0 Å². The summed E-state index contributed by atoms with van der Waals surface area (Å²) in [5.74, 6) is 0. The van der Waals surface area contributed by atoms with E-state index in [1.807, 2.05) is 0 Å². The molecule has 0 nitrogen and oxygen atoms in total. The zero-order chi connectivity index (χ0) is 9.21. The molecule has 0 saturated carbocycles. The molecule has 0 spiro atoms. The Kier molecular flexibility index (Phi) is 215. The molecular formula is C6H10W11-2. The monoisotopic (exact) mass is 2110 g/mol. The van der Waals surface area contributed by atoms with Crippen molar-refractivity contribution in [3.8, 4) is 0 Å². The molecule has 0 saturated heterocycles. The fraction of sp³-hybridized carbons (Fsp3) is 0.667. The molecule has 0 unspecified atom stereocenters. The summed E-state index contributed by atoms with van der Waals surface area (Å²) >= 11 is 5.86. The maximum atomic E-state index is 4.58. The van der Waals surface area contributed by atoms with Crippen LogP contribution in [0.4, 0.5) is 0 Å². The van der Waals surface area contributed by atoms with Gasteiger partial charge in [-0.2, -0.15) is 0 Å². The Hall–Kier alpha value is 7.31. The van der Waals surface area contributed by atoms with Crippen LogP contribution in [0.25, 0.3) is 0 Å². The molecule has 0 aliphatic rings. The molecule has 0 radical (unpaired) electrons. The van der Waals surface area contributed by atoms with Gasteiger partial charge in [0.2, 0.25) is 0 Å². The van der Waals surface area contributed by atoms with Crippen LogP contribution in [0, 0.1) is 5.41 Å². The van der Waals surface area contributed by atoms with Crippen LogP contribution in [0.3, 0.4) is 0 Å². The summed E-state index contributed by atoms with van der Waals surface area (Å²) in [5, 5.41) is 0. The second kappa shape index (κ2) is 56.7. The van der Waals surface area contributed by atoms with E-state index in [4.69, 9.17) is 0 Å². The third-order valence-electron chi connectivity index (χ3n) is 0.306. The van der Waals surface area contributed by atoms with Gasteiger partial charge < -0.3 is 0 Å². The van der Waals surface area contributed by atoms with Crippen LogP contribution in [0.2, 0.25) is 0 Å². The molecule has 0 aromatic carbocycles. The third kappa shape index (κ3) is 99.6. The molecule has 102 valence electrons. The Morgan fingerprint density at radius 3 is 0.765 bits per heavy atom. The zero-order valence-electron chi connectivity index (χ0n) is 9.07. The molecule has 0 amide bonds. The quantitative estimate of drug-likeness (QED) is 0.320. The Morgan fingerprint density at radius 2 is 0.765 bits per heavy atom. The van der Waals surface area contributed by atoms with Gasteiger partial charge in [-0.1, -0.05) is 0 Å². The fourth-order valence-corrected chi connectivity index (χ4v) is 0. The van der Waals surface area contributed by atoms with E-state index in [-0.39, 0.29) is 147 Å². The summed E-state index contributed by atoms with van der Waals surface area (Å²) < 4.78 is 3.19. The van der Waals surface area contributed by atoms with Gasteiger partial charge in [-0.3, -0.25) is 0 Å². The maximum absolute atomic E-state index is 4.58. The molecule has 0 aromatic heterocycles. The number of rotatable bonds is 0. The predicted molar refractivity (Wildman–Crippen MR) is 30.5 cm³/mol. The van der Waals surface area contributed by atoms with Crippen molar-refractivity contribution in [3.63, 3.8) is 0 Å². The van der Waals surface area contributed by atoms with Crippen LogP contribution in [0.15, 0.2) is 0 Å². The first-order valence-corrected chi connectivity index (χ1v) is 16.5. The van der Waals surface area contributed by atoms with Crippen LogP contribution in [0.1, 0.15) is 20.8 Å². The summed E-state index contributed by atoms with van der Waals surface area (Å²) in [7, 11) is 0. The van der Waals surface area contributed by atoms with Crippen LogP contribution < -0.4 is 0 Å². The molecule has 11 heteroatoms. The average Bonchev–Trinajstić information content (AvgIpc) is 1.95. The van der Waals surface area contributed by atoms with Crippen molar-refractivity contribution in [1.29, 1.82) is 0 Å². The Balaban J connectivity index is -0.00000000514. The predicted octanol–water partition coefficient (Wildman–Crippen LogP) is 1.08. The minimum atomic E-state index is 0. The Labute approximate surface area is 248 Å². The fourth-order valence-electron chi connectivity index (χ4n) is 0. The molecule has 0 fully saturated rings. The second-order valence-electron chi connectivity index (χ2n) is 2.35. The summed E-state index contributed by atoms with van der Waals surface area (Å²) in [6, 6.07) is 0. The van der Waals surface area contributed by atoms with Gasteiger partial charge in [0.05, 0.1) is 0 Å². The van der Waals surface area contributed by atoms with E-state index in [9.17, 15) is 0 Å². The standard InChI is InChI=1S/C5H9.CH.11W/c1-5(2,3)4;;;;;;;;;;;;/h1-3H3;1H;;;;;;;;;;;/q2*-1;;;;;;;;;;;. The summed E-state index contributed by atoms with van der Waals surface area (Å²) in [4.78, 5) is 4.58. The van der Waals surface area contributed by atoms with Crippen LogP contribution in [-0.2, 0) is 219 Å². The molecular weight excluding hydrogens is 2090 g/mol. The molecule has 17 heavy (non-hydrogen) atoms. The first kappa shape index (κ1) is 64.5. The van der Waals surface area contributed by atoms with Crippen LogP contribution >= 0.6 is 0 Å². The Bertz CT molecular complexity index is 78.5. The van der Waals surface area contributed by atoms with E-state index < -0.39 is 0 Å². The normalized spacial score (nSPS) is 4.41. The van der Waals surface area contributed by atoms with Crippen molar-refractivity contribution in [3.05, 3.63) is 0 Å². The van der Waals surface area contributed by atoms with Crippen LogP contribution in [0.5, 0.6) is 0 Å². The van der Waals surface area contributed by atoms with Crippen molar-refractivity contribution in [2.45, 2.75) is 20.8 Å². The van der Waals surface area contributed by atoms with Gasteiger partial charge >= 0.3 is 107 Å². The molecule has 0 N–H and O–H groups in total. The summed E-state index contributed by atoms with van der Waals surface area (Å²) in [6.07, 6.45) is 0. The number of hydrogen-bond acceptors (Lipinski definition) is 0. The first-order chi connectivity index (χ1) is 4.56. The van der Waals surface area contributed by atoms with E-state index in [0.29, 0.717) is 5.41 Å². The van der Waals surface area contributed by atoms with E-state index in [0.717, 1.165) is 19.4 Å². The van der Waals surface area contributed by atoms with E-state index >= 15 is 0 Å². The van der Waals surface area contributed by atoms with Crippen molar-refractivity contribution in [2.24, 2.45) is 5.41 Å². The Morgan fingerprint density at radius 1 is 0.706 bits per heavy atom. The molecule has 0 aliphatic carbocycles. The van der Waals surface area contributed by atoms with Gasteiger partial charge in [-0.05, 0) is 0 Å². The van der Waals surface area contributed by atoms with E-state index in [2.05, 4.69) is 30.1 Å². The summed E-state index contributed by atoms with van der Waals surface area (Å²) in [5.41, 5.74) is 0.329. The SMILES string of the molecule is CC(C)(C)[C-]=[W].[CH-]=[W].[W].[W].[W].[W].[W].[W].[W].[W]=[W]. The average molecular weight is 2100 g/mol. The van der Waals surface area contributed by atoms with Gasteiger partial charge in [-0.15, -0.1) is 0 Å². The second-order valence-corrected chi connectivity index (χ2v) is 3.09. The van der Waals surface area contributed by atoms with E-state index in [1.54, 1.807) is 32.4 Å². The van der Waals surface area contributed by atoms with Crippen LogP contribution in [-0.4, -0.2) is 9.30 Å². The van der Waals surface area contributed by atoms with Gasteiger partial charge in [0.1, 0.15) is 0 Å². The van der Waals surface area contributed by atoms with E-state index in [1.165, 1.54) is 19.4 Å². The topological polar surface area (TPSA) is 0 Å². The molecule has 0 aromatic rings. The van der Waals surface area contributed by atoms with Gasteiger partial charge in [0, 0.05) is 147 Å². The van der Waals surface area contributed by atoms with Crippen molar-refractivity contribution < 1.29 is 219 Å². The minimum absolute atomic E-state index is 0. The first-order valence-electron chi connectivity index (χ1n) is 2.36. The van der Waals surface area contributed by atoms with Gasteiger partial charge in [0.25, 0.3) is 0 Å².